The van der Waals surface area contributed by atoms with Crippen molar-refractivity contribution in [3.8, 4) is 0 Å². The molecule has 9 heavy (non-hydrogen) atoms. The van der Waals surface area contributed by atoms with Gasteiger partial charge in [-0.2, -0.15) is 12.6 Å². The first-order valence-corrected chi connectivity index (χ1v) is 3.81. The first-order chi connectivity index (χ1) is 4.06. The van der Waals surface area contributed by atoms with Crippen LogP contribution in [0.3, 0.4) is 0 Å². The van der Waals surface area contributed by atoms with Crippen molar-refractivity contribution in [1.29, 1.82) is 0 Å². The summed E-state index contributed by atoms with van der Waals surface area (Å²) in [4.78, 5) is 0. The molecule has 1 nitrogen and oxygen atoms in total. The van der Waals surface area contributed by atoms with Crippen molar-refractivity contribution >= 4 is 12.6 Å². The third kappa shape index (κ3) is 8.31. The van der Waals surface area contributed by atoms with Gasteiger partial charge in [-0.3, -0.25) is 0 Å². The zero-order valence-electron chi connectivity index (χ0n) is 6.48. The summed E-state index contributed by atoms with van der Waals surface area (Å²) in [7, 11) is 0. The maximum absolute atomic E-state index is 5.27. The summed E-state index contributed by atoms with van der Waals surface area (Å²) >= 11 is 4.30. The molecule has 0 atom stereocenters. The highest BCUT2D eigenvalue weighted by Gasteiger charge is 2.09. The van der Waals surface area contributed by atoms with Crippen LogP contribution in [0, 0.1) is 0 Å². The molecule has 0 amide bonds. The van der Waals surface area contributed by atoms with E-state index in [2.05, 4.69) is 19.6 Å². The number of ether oxygens (including phenoxy) is 1. The lowest BCUT2D eigenvalue weighted by molar-refractivity contribution is 0.120. The topological polar surface area (TPSA) is 9.23 Å². The van der Waals surface area contributed by atoms with Crippen LogP contribution in [0.2, 0.25) is 0 Å². The molecule has 0 saturated carbocycles. The van der Waals surface area contributed by atoms with E-state index < -0.39 is 0 Å². The van der Waals surface area contributed by atoms with Crippen LogP contribution in [0.15, 0.2) is 0 Å². The Bertz CT molecular complexity index is 65.8. The van der Waals surface area contributed by atoms with E-state index in [1.807, 2.05) is 13.8 Å². The van der Waals surface area contributed by atoms with Gasteiger partial charge in [0.05, 0.1) is 6.61 Å². The summed E-state index contributed by atoms with van der Waals surface area (Å²) in [6.45, 7) is 7.79. The monoisotopic (exact) mass is 148 g/mol. The van der Waals surface area contributed by atoms with Gasteiger partial charge in [0.1, 0.15) is 0 Å². The molecular formula is C7H16OS. The maximum Gasteiger partial charge on any atom is 0.0605 e. The molecule has 0 radical (unpaired) electrons. The lowest BCUT2D eigenvalue weighted by atomic mass is 10.2. The highest BCUT2D eigenvalue weighted by Crippen LogP contribution is 2.11. The van der Waals surface area contributed by atoms with E-state index in [1.54, 1.807) is 0 Å². The quantitative estimate of drug-likeness (QED) is 0.474. The first kappa shape index (κ1) is 9.31. The van der Waals surface area contributed by atoms with Crippen LogP contribution >= 0.6 is 12.6 Å². The summed E-state index contributed by atoms with van der Waals surface area (Å²) in [6.07, 6.45) is 1.09. The minimum Gasteiger partial charge on any atom is -0.380 e. The van der Waals surface area contributed by atoms with Crippen molar-refractivity contribution in [3.63, 3.8) is 0 Å². The van der Waals surface area contributed by atoms with E-state index in [4.69, 9.17) is 4.74 Å². The van der Waals surface area contributed by atoms with Crippen molar-refractivity contribution in [3.05, 3.63) is 0 Å². The Morgan fingerprint density at radius 1 is 1.44 bits per heavy atom. The molecule has 2 heteroatoms. The molecule has 0 aliphatic rings. The van der Waals surface area contributed by atoms with Gasteiger partial charge in [-0.15, -0.1) is 0 Å². The average molecular weight is 148 g/mol. The average Bonchev–Trinajstić information content (AvgIpc) is 1.63. The summed E-state index contributed by atoms with van der Waals surface area (Å²) < 4.78 is 5.29. The molecule has 0 aliphatic carbocycles. The third-order valence-electron chi connectivity index (χ3n) is 0.804. The molecule has 0 fully saturated rings. The maximum atomic E-state index is 5.27. The summed E-state index contributed by atoms with van der Waals surface area (Å²) in [5, 5.41) is 0. The Morgan fingerprint density at radius 2 is 2.00 bits per heavy atom. The lowest BCUT2D eigenvalue weighted by Crippen LogP contribution is -2.19. The van der Waals surface area contributed by atoms with Crippen LogP contribution in [0.5, 0.6) is 0 Å². The fourth-order valence-corrected chi connectivity index (χ4v) is 0.558. The van der Waals surface area contributed by atoms with Gasteiger partial charge in [0.2, 0.25) is 0 Å². The van der Waals surface area contributed by atoms with E-state index in [0.29, 0.717) is 0 Å². The number of hydrogen-bond acceptors (Lipinski definition) is 2. The largest absolute Gasteiger partial charge is 0.380 e. The van der Waals surface area contributed by atoms with Crippen molar-refractivity contribution in [1.82, 2.24) is 0 Å². The van der Waals surface area contributed by atoms with Gasteiger partial charge >= 0.3 is 0 Å². The van der Waals surface area contributed by atoms with Crippen molar-refractivity contribution in [2.24, 2.45) is 0 Å². The lowest BCUT2D eigenvalue weighted by Gasteiger charge is -2.16. The highest BCUT2D eigenvalue weighted by molar-refractivity contribution is 7.81. The molecule has 0 rings (SSSR count). The van der Waals surface area contributed by atoms with E-state index in [-0.39, 0.29) is 4.75 Å². The number of thiol groups is 1. The normalized spacial score (nSPS) is 12.0. The second kappa shape index (κ2) is 4.18. The second-order valence-corrected chi connectivity index (χ2v) is 4.08. The molecule has 0 bridgehead atoms. The van der Waals surface area contributed by atoms with Crippen LogP contribution in [0.25, 0.3) is 0 Å². The SMILES string of the molecule is CCCOCC(C)(C)S. The third-order valence-corrected chi connectivity index (χ3v) is 0.933. The van der Waals surface area contributed by atoms with Gasteiger partial charge < -0.3 is 4.74 Å². The van der Waals surface area contributed by atoms with Crippen LogP contribution in [0.1, 0.15) is 27.2 Å². The second-order valence-electron chi connectivity index (χ2n) is 2.87. The summed E-state index contributed by atoms with van der Waals surface area (Å²) in [5.74, 6) is 0. The van der Waals surface area contributed by atoms with E-state index in [9.17, 15) is 0 Å². The van der Waals surface area contributed by atoms with E-state index in [1.165, 1.54) is 0 Å². The summed E-state index contributed by atoms with van der Waals surface area (Å²) in [5.41, 5.74) is 0. The van der Waals surface area contributed by atoms with Crippen molar-refractivity contribution < 1.29 is 4.74 Å². The van der Waals surface area contributed by atoms with Gasteiger partial charge in [0.25, 0.3) is 0 Å². The van der Waals surface area contributed by atoms with Crippen molar-refractivity contribution in [2.45, 2.75) is 31.9 Å². The van der Waals surface area contributed by atoms with Gasteiger partial charge in [-0.25, -0.2) is 0 Å². The molecule has 0 N–H and O–H groups in total. The Labute approximate surface area is 63.2 Å². The Kier molecular flexibility index (Phi) is 4.32. The number of hydrogen-bond donors (Lipinski definition) is 1. The minimum absolute atomic E-state index is 0.0230. The van der Waals surface area contributed by atoms with E-state index >= 15 is 0 Å². The zero-order chi connectivity index (χ0) is 7.33. The molecule has 0 aromatic heterocycles. The molecule has 0 unspecified atom stereocenters. The Hall–Kier alpha value is 0.310. The first-order valence-electron chi connectivity index (χ1n) is 3.36. The molecule has 0 aromatic rings. The van der Waals surface area contributed by atoms with Crippen LogP contribution < -0.4 is 0 Å². The fraction of sp³-hybridized carbons (Fsp3) is 1.00. The van der Waals surface area contributed by atoms with Crippen LogP contribution in [0.4, 0.5) is 0 Å². The molecular weight excluding hydrogens is 132 g/mol. The standard InChI is InChI=1S/C7H16OS/c1-4-5-8-6-7(2,3)9/h9H,4-6H2,1-3H3. The fourth-order valence-electron chi connectivity index (χ4n) is 0.466. The zero-order valence-corrected chi connectivity index (χ0v) is 7.37. The summed E-state index contributed by atoms with van der Waals surface area (Å²) in [6, 6.07) is 0. The van der Waals surface area contributed by atoms with Crippen molar-refractivity contribution in [2.75, 3.05) is 13.2 Å². The Morgan fingerprint density at radius 3 is 2.33 bits per heavy atom. The predicted molar refractivity (Wildman–Crippen MR) is 44.2 cm³/mol. The molecule has 56 valence electrons. The van der Waals surface area contributed by atoms with Gasteiger partial charge in [0, 0.05) is 11.4 Å². The minimum atomic E-state index is 0.0230. The van der Waals surface area contributed by atoms with Gasteiger partial charge in [-0.1, -0.05) is 6.92 Å². The Balaban J connectivity index is 3.07. The molecule has 0 saturated heterocycles. The smallest absolute Gasteiger partial charge is 0.0605 e. The highest BCUT2D eigenvalue weighted by atomic mass is 32.1. The van der Waals surface area contributed by atoms with Gasteiger partial charge in [-0.05, 0) is 20.3 Å². The van der Waals surface area contributed by atoms with Gasteiger partial charge in [0.15, 0.2) is 0 Å². The molecule has 0 aromatic carbocycles. The van der Waals surface area contributed by atoms with Crippen LogP contribution in [-0.2, 0) is 4.74 Å². The number of rotatable bonds is 4. The molecule has 0 aliphatic heterocycles. The van der Waals surface area contributed by atoms with Crippen LogP contribution in [-0.4, -0.2) is 18.0 Å². The predicted octanol–water partition coefficient (Wildman–Crippen LogP) is 2.12. The molecule has 0 spiro atoms. The molecule has 0 heterocycles. The van der Waals surface area contributed by atoms with E-state index in [0.717, 1.165) is 19.6 Å².